The molecule has 1 aromatic heterocycles. The van der Waals surface area contributed by atoms with E-state index in [1.807, 2.05) is 13.8 Å². The number of carbonyl (C=O) groups excluding carboxylic acids is 1. The van der Waals surface area contributed by atoms with E-state index in [4.69, 9.17) is 5.73 Å². The summed E-state index contributed by atoms with van der Waals surface area (Å²) in [6.07, 6.45) is 0. The number of hydrogen-bond acceptors (Lipinski definition) is 5. The SMILES string of the molecule is Cc1c(C(=O)[C@@H](N)C(C)C)c(O)n(N(C)C)c1O. The lowest BCUT2D eigenvalue weighted by Gasteiger charge is -2.17. The molecular weight excluding hydrogens is 234 g/mol. The van der Waals surface area contributed by atoms with E-state index in [1.54, 1.807) is 21.0 Å². The first-order valence-corrected chi connectivity index (χ1v) is 5.80. The smallest absolute Gasteiger partial charge is 0.224 e. The number of rotatable bonds is 4. The Kier molecular flexibility index (Phi) is 3.91. The lowest BCUT2D eigenvalue weighted by atomic mass is 9.95. The van der Waals surface area contributed by atoms with Gasteiger partial charge in [-0.3, -0.25) is 4.79 Å². The summed E-state index contributed by atoms with van der Waals surface area (Å²) >= 11 is 0. The Morgan fingerprint density at radius 3 is 2.11 bits per heavy atom. The number of hydrogen-bond donors (Lipinski definition) is 3. The summed E-state index contributed by atoms with van der Waals surface area (Å²) in [7, 11) is 3.30. The quantitative estimate of drug-likeness (QED) is 0.684. The van der Waals surface area contributed by atoms with E-state index in [1.165, 1.54) is 5.01 Å². The molecule has 0 saturated heterocycles. The van der Waals surface area contributed by atoms with E-state index in [9.17, 15) is 15.0 Å². The van der Waals surface area contributed by atoms with E-state index < -0.39 is 6.04 Å². The Balaban J connectivity index is 3.35. The van der Waals surface area contributed by atoms with Gasteiger partial charge in [-0.05, 0) is 12.8 Å². The van der Waals surface area contributed by atoms with E-state index in [0.717, 1.165) is 4.68 Å². The van der Waals surface area contributed by atoms with Crippen LogP contribution in [0.5, 0.6) is 11.8 Å². The summed E-state index contributed by atoms with van der Waals surface area (Å²) in [5.41, 5.74) is 6.22. The molecule has 0 radical (unpaired) electrons. The minimum absolute atomic E-state index is 0.0406. The summed E-state index contributed by atoms with van der Waals surface area (Å²) in [6, 6.07) is -0.702. The van der Waals surface area contributed by atoms with Crippen LogP contribution in [0.1, 0.15) is 29.8 Å². The van der Waals surface area contributed by atoms with Crippen LogP contribution < -0.4 is 10.7 Å². The fraction of sp³-hybridized carbons (Fsp3) is 0.583. The monoisotopic (exact) mass is 255 g/mol. The topological polar surface area (TPSA) is 91.7 Å². The van der Waals surface area contributed by atoms with E-state index >= 15 is 0 Å². The predicted octanol–water partition coefficient (Wildman–Crippen LogP) is 0.571. The molecule has 0 saturated carbocycles. The third-order valence-corrected chi connectivity index (χ3v) is 3.00. The van der Waals surface area contributed by atoms with Gasteiger partial charge in [0.05, 0.1) is 11.6 Å². The molecule has 6 heteroatoms. The summed E-state index contributed by atoms with van der Waals surface area (Å²) < 4.78 is 1.16. The molecule has 1 aromatic rings. The Hall–Kier alpha value is -1.69. The number of ketones is 1. The van der Waals surface area contributed by atoms with Crippen molar-refractivity contribution in [1.82, 2.24) is 4.68 Å². The van der Waals surface area contributed by atoms with Crippen molar-refractivity contribution in [2.45, 2.75) is 26.8 Å². The van der Waals surface area contributed by atoms with Crippen molar-refractivity contribution in [3.63, 3.8) is 0 Å². The minimum atomic E-state index is -0.702. The maximum Gasteiger partial charge on any atom is 0.224 e. The average molecular weight is 255 g/mol. The molecule has 0 aliphatic rings. The molecule has 1 heterocycles. The molecule has 0 aromatic carbocycles. The first-order chi connectivity index (χ1) is 8.20. The zero-order valence-electron chi connectivity index (χ0n) is 11.4. The van der Waals surface area contributed by atoms with Gasteiger partial charge in [0, 0.05) is 19.7 Å². The first-order valence-electron chi connectivity index (χ1n) is 5.80. The molecule has 0 aliphatic heterocycles. The van der Waals surface area contributed by atoms with Gasteiger partial charge in [-0.2, -0.15) is 4.68 Å². The van der Waals surface area contributed by atoms with Crippen molar-refractivity contribution in [3.05, 3.63) is 11.1 Å². The molecule has 1 atom stereocenters. The van der Waals surface area contributed by atoms with Gasteiger partial charge < -0.3 is 21.0 Å². The van der Waals surface area contributed by atoms with Crippen molar-refractivity contribution in [3.8, 4) is 11.8 Å². The van der Waals surface area contributed by atoms with Crippen LogP contribution in [0.4, 0.5) is 0 Å². The summed E-state index contributed by atoms with van der Waals surface area (Å²) in [5, 5.41) is 21.4. The summed E-state index contributed by atoms with van der Waals surface area (Å²) in [5.74, 6) is -0.843. The number of nitrogens with two attached hydrogens (primary N) is 1. The van der Waals surface area contributed by atoms with Crippen molar-refractivity contribution in [1.29, 1.82) is 0 Å². The second-order valence-electron chi connectivity index (χ2n) is 4.94. The molecule has 0 aliphatic carbocycles. The van der Waals surface area contributed by atoms with Crippen molar-refractivity contribution in [2.24, 2.45) is 11.7 Å². The highest BCUT2D eigenvalue weighted by atomic mass is 16.3. The zero-order chi connectivity index (χ0) is 14.2. The highest BCUT2D eigenvalue weighted by Crippen LogP contribution is 2.33. The highest BCUT2D eigenvalue weighted by Gasteiger charge is 2.30. The maximum atomic E-state index is 12.2. The van der Waals surface area contributed by atoms with E-state index in [-0.39, 0.29) is 29.0 Å². The average Bonchev–Trinajstić information content (AvgIpc) is 2.48. The first kappa shape index (κ1) is 14.4. The van der Waals surface area contributed by atoms with Crippen molar-refractivity contribution < 1.29 is 15.0 Å². The minimum Gasteiger partial charge on any atom is -0.493 e. The van der Waals surface area contributed by atoms with Crippen LogP contribution in [-0.2, 0) is 0 Å². The van der Waals surface area contributed by atoms with E-state index in [0.29, 0.717) is 5.56 Å². The van der Waals surface area contributed by atoms with Gasteiger partial charge in [-0.15, -0.1) is 0 Å². The van der Waals surface area contributed by atoms with E-state index in [2.05, 4.69) is 0 Å². The number of nitrogens with zero attached hydrogens (tertiary/aromatic N) is 2. The largest absolute Gasteiger partial charge is 0.493 e. The molecule has 1 rings (SSSR count). The number of aromatic hydroxyl groups is 2. The zero-order valence-corrected chi connectivity index (χ0v) is 11.4. The van der Waals surface area contributed by atoms with Gasteiger partial charge in [0.2, 0.25) is 11.8 Å². The van der Waals surface area contributed by atoms with Crippen molar-refractivity contribution >= 4 is 5.78 Å². The number of carbonyl (C=O) groups is 1. The van der Waals surface area contributed by atoms with Crippen LogP contribution in [0, 0.1) is 12.8 Å². The van der Waals surface area contributed by atoms with Crippen LogP contribution in [0.25, 0.3) is 0 Å². The van der Waals surface area contributed by atoms with Crippen LogP contribution in [0.15, 0.2) is 0 Å². The third-order valence-electron chi connectivity index (χ3n) is 3.00. The maximum absolute atomic E-state index is 12.2. The highest BCUT2D eigenvalue weighted by molar-refractivity contribution is 6.04. The Bertz CT molecular complexity index is 464. The lowest BCUT2D eigenvalue weighted by Crippen LogP contribution is -2.35. The molecule has 4 N–H and O–H groups in total. The van der Waals surface area contributed by atoms with Crippen LogP contribution in [0.3, 0.4) is 0 Å². The number of aromatic nitrogens is 1. The number of Topliss-reactive ketones (excluding diaryl/α,β-unsaturated/α-hetero) is 1. The van der Waals surface area contributed by atoms with Gasteiger partial charge in [0.15, 0.2) is 5.78 Å². The van der Waals surface area contributed by atoms with Gasteiger partial charge in [-0.25, -0.2) is 0 Å². The van der Waals surface area contributed by atoms with Crippen molar-refractivity contribution in [2.75, 3.05) is 19.1 Å². The van der Waals surface area contributed by atoms with Gasteiger partial charge >= 0.3 is 0 Å². The van der Waals surface area contributed by atoms with Crippen LogP contribution in [-0.4, -0.2) is 40.8 Å². The molecule has 6 nitrogen and oxygen atoms in total. The van der Waals surface area contributed by atoms with Gasteiger partial charge in [0.1, 0.15) is 0 Å². The molecule has 102 valence electrons. The Morgan fingerprint density at radius 2 is 1.78 bits per heavy atom. The fourth-order valence-corrected chi connectivity index (χ4v) is 1.79. The van der Waals surface area contributed by atoms with Gasteiger partial charge in [0.25, 0.3) is 0 Å². The third kappa shape index (κ3) is 2.15. The van der Waals surface area contributed by atoms with Crippen LogP contribution >= 0.6 is 0 Å². The lowest BCUT2D eigenvalue weighted by molar-refractivity contribution is 0.0937. The molecule has 18 heavy (non-hydrogen) atoms. The Labute approximate surface area is 107 Å². The standard InChI is InChI=1S/C12H21N3O3/c1-6(2)9(13)10(16)8-7(3)11(17)15(12(8)18)14(4)5/h6,9,17-18H,13H2,1-5H3/t9-/m0/s1. The Morgan fingerprint density at radius 1 is 1.28 bits per heavy atom. The second kappa shape index (κ2) is 4.89. The molecule has 0 bridgehead atoms. The molecule has 0 spiro atoms. The fourth-order valence-electron chi connectivity index (χ4n) is 1.79. The molecular formula is C12H21N3O3. The van der Waals surface area contributed by atoms with Gasteiger partial charge in [-0.1, -0.05) is 13.8 Å². The summed E-state index contributed by atoms with van der Waals surface area (Å²) in [6.45, 7) is 5.24. The second-order valence-corrected chi connectivity index (χ2v) is 4.94. The van der Waals surface area contributed by atoms with Crippen LogP contribution in [0.2, 0.25) is 0 Å². The molecule has 0 fully saturated rings. The molecule has 0 amide bonds. The summed E-state index contributed by atoms with van der Waals surface area (Å²) in [4.78, 5) is 12.2. The molecule has 0 unspecified atom stereocenters. The predicted molar refractivity (Wildman–Crippen MR) is 69.7 cm³/mol. The normalized spacial score (nSPS) is 12.8.